The number of nitrogens with two attached hydrogens (primary N) is 1. The first-order chi connectivity index (χ1) is 18.3. The normalized spacial score (nSPS) is 20.5. The van der Waals surface area contributed by atoms with Crippen LogP contribution in [-0.4, -0.2) is 57.5 Å². The van der Waals surface area contributed by atoms with Crippen LogP contribution in [-0.2, 0) is 9.53 Å². The van der Waals surface area contributed by atoms with E-state index in [9.17, 15) is 9.59 Å². The maximum absolute atomic E-state index is 13.7. The van der Waals surface area contributed by atoms with E-state index in [2.05, 4.69) is 25.6 Å². The van der Waals surface area contributed by atoms with E-state index in [1.807, 2.05) is 19.1 Å². The highest BCUT2D eigenvalue weighted by atomic mass is 35.5. The van der Waals surface area contributed by atoms with Gasteiger partial charge in [-0.05, 0) is 63.4 Å². The van der Waals surface area contributed by atoms with Gasteiger partial charge in [-0.15, -0.1) is 0 Å². The fraction of sp³-hybridized carbons (Fsp3) is 0.357. The molecule has 1 aromatic carbocycles. The van der Waals surface area contributed by atoms with Crippen molar-refractivity contribution in [1.82, 2.24) is 20.3 Å². The number of carbonyl (C=O) groups is 2. The highest BCUT2D eigenvalue weighted by molar-refractivity contribution is 6.33. The van der Waals surface area contributed by atoms with Crippen molar-refractivity contribution in [3.63, 3.8) is 0 Å². The number of benzene rings is 1. The van der Waals surface area contributed by atoms with Crippen molar-refractivity contribution in [3.05, 3.63) is 65.2 Å². The molecule has 4 heterocycles. The molecule has 0 radical (unpaired) electrons. The molecule has 1 amide bonds. The van der Waals surface area contributed by atoms with Crippen LogP contribution in [0.15, 0.2) is 48.9 Å². The molecule has 3 atom stereocenters. The Morgan fingerprint density at radius 3 is 2.95 bits per heavy atom. The molecule has 5 rings (SSSR count). The summed E-state index contributed by atoms with van der Waals surface area (Å²) in [5, 5.41) is 8.82. The number of pyridine rings is 2. The number of aromatic amines is 1. The molecule has 198 valence electrons. The summed E-state index contributed by atoms with van der Waals surface area (Å²) >= 11 is 6.43. The minimum Gasteiger partial charge on any atom is -0.374 e. The van der Waals surface area contributed by atoms with Gasteiger partial charge in [-0.1, -0.05) is 11.6 Å². The number of amides is 1. The van der Waals surface area contributed by atoms with Crippen molar-refractivity contribution in [1.29, 1.82) is 0 Å². The summed E-state index contributed by atoms with van der Waals surface area (Å²) in [5.41, 5.74) is 8.66. The molecule has 3 aromatic heterocycles. The topological polar surface area (TPSA) is 135 Å². The number of morpholine rings is 1. The first-order valence-corrected chi connectivity index (χ1v) is 13.1. The third kappa shape index (κ3) is 5.02. The lowest BCUT2D eigenvalue weighted by molar-refractivity contribution is -0.133. The molecule has 0 aliphatic carbocycles. The number of aromatic nitrogens is 3. The van der Waals surface area contributed by atoms with E-state index in [1.54, 1.807) is 43.7 Å². The number of hydrogen-bond donors (Lipinski definition) is 4. The number of rotatable bonds is 8. The van der Waals surface area contributed by atoms with Gasteiger partial charge in [-0.25, -0.2) is 0 Å². The van der Waals surface area contributed by atoms with E-state index in [4.69, 9.17) is 22.1 Å². The summed E-state index contributed by atoms with van der Waals surface area (Å²) in [6.45, 7) is 4.67. The largest absolute Gasteiger partial charge is 0.374 e. The number of fused-ring (bicyclic) bond motifs is 3. The van der Waals surface area contributed by atoms with E-state index in [0.29, 0.717) is 54.4 Å². The fourth-order valence-electron chi connectivity index (χ4n) is 5.16. The van der Waals surface area contributed by atoms with E-state index >= 15 is 0 Å². The van der Waals surface area contributed by atoms with Crippen molar-refractivity contribution in [2.24, 2.45) is 5.73 Å². The van der Waals surface area contributed by atoms with E-state index in [-0.39, 0.29) is 11.7 Å². The molecular formula is C28H31ClN6O3. The molecule has 4 aromatic rings. The number of anilines is 1. The summed E-state index contributed by atoms with van der Waals surface area (Å²) in [7, 11) is 0. The maximum atomic E-state index is 13.7. The second kappa shape index (κ2) is 10.8. The van der Waals surface area contributed by atoms with Gasteiger partial charge < -0.3 is 20.8 Å². The lowest BCUT2D eigenvalue weighted by Gasteiger charge is -2.41. The van der Waals surface area contributed by atoms with Crippen LogP contribution < -0.4 is 16.4 Å². The SMILES string of the molecule is Cc1ncccc1C(=O)C(N)CCCC1OCCNC1(C)C(=O)Nc1cc(Cl)cc2c1[nH]c1cnccc12. The summed E-state index contributed by atoms with van der Waals surface area (Å²) < 4.78 is 6.06. The first kappa shape index (κ1) is 26.2. The predicted molar refractivity (Wildman–Crippen MR) is 149 cm³/mol. The molecule has 5 N–H and O–H groups in total. The highest BCUT2D eigenvalue weighted by Crippen LogP contribution is 2.34. The van der Waals surface area contributed by atoms with Crippen molar-refractivity contribution >= 4 is 50.8 Å². The maximum Gasteiger partial charge on any atom is 0.247 e. The summed E-state index contributed by atoms with van der Waals surface area (Å²) in [5.74, 6) is -0.355. The molecular weight excluding hydrogens is 504 g/mol. The quantitative estimate of drug-likeness (QED) is 0.249. The highest BCUT2D eigenvalue weighted by Gasteiger charge is 2.44. The molecule has 0 bridgehead atoms. The Balaban J connectivity index is 1.30. The average molecular weight is 535 g/mol. The summed E-state index contributed by atoms with van der Waals surface area (Å²) in [6.07, 6.45) is 6.38. The third-order valence-electron chi connectivity index (χ3n) is 7.34. The van der Waals surface area contributed by atoms with Crippen LogP contribution in [0, 0.1) is 6.92 Å². The Morgan fingerprint density at radius 1 is 1.29 bits per heavy atom. The molecule has 0 saturated carbocycles. The van der Waals surface area contributed by atoms with Gasteiger partial charge in [0, 0.05) is 46.0 Å². The second-order valence-corrected chi connectivity index (χ2v) is 10.3. The van der Waals surface area contributed by atoms with Gasteiger partial charge in [0.1, 0.15) is 5.54 Å². The van der Waals surface area contributed by atoms with Gasteiger partial charge in [0.25, 0.3) is 0 Å². The number of aryl methyl sites for hydroxylation is 1. The average Bonchev–Trinajstić information content (AvgIpc) is 3.28. The lowest BCUT2D eigenvalue weighted by Crippen LogP contribution is -2.64. The number of ether oxygens (including phenoxy) is 1. The standard InChI is InChI=1S/C28H31ClN6O3/c1-16-18(5-4-9-32-16)26(36)21(30)6-3-7-24-28(2,33-11-12-38-24)27(37)35-22-14-17(29)13-20-19-8-10-31-15-23(19)34-25(20)22/h4-5,8-10,13-15,21,24,33-34H,3,6-7,11-12,30H2,1-2H3,(H,35,37). The van der Waals surface area contributed by atoms with Gasteiger partial charge >= 0.3 is 0 Å². The van der Waals surface area contributed by atoms with Crippen LogP contribution in [0.5, 0.6) is 0 Å². The Kier molecular flexibility index (Phi) is 7.45. The Morgan fingerprint density at radius 2 is 2.13 bits per heavy atom. The summed E-state index contributed by atoms with van der Waals surface area (Å²) in [4.78, 5) is 38.2. The van der Waals surface area contributed by atoms with E-state index < -0.39 is 17.7 Å². The number of halogens is 1. The first-order valence-electron chi connectivity index (χ1n) is 12.7. The van der Waals surface area contributed by atoms with Crippen LogP contribution in [0.1, 0.15) is 42.2 Å². The predicted octanol–water partition coefficient (Wildman–Crippen LogP) is 4.14. The van der Waals surface area contributed by atoms with Crippen LogP contribution >= 0.6 is 11.6 Å². The molecule has 1 saturated heterocycles. The molecule has 9 nitrogen and oxygen atoms in total. The monoisotopic (exact) mass is 534 g/mol. The van der Waals surface area contributed by atoms with Crippen molar-refractivity contribution in [2.75, 3.05) is 18.5 Å². The summed E-state index contributed by atoms with van der Waals surface area (Å²) in [6, 6.07) is 8.35. The van der Waals surface area contributed by atoms with E-state index in [1.165, 1.54) is 0 Å². The minimum absolute atomic E-state index is 0.127. The molecule has 1 aliphatic heterocycles. The van der Waals surface area contributed by atoms with Gasteiger partial charge in [0.2, 0.25) is 5.91 Å². The zero-order valence-corrected chi connectivity index (χ0v) is 22.1. The number of carbonyl (C=O) groups excluding carboxylic acids is 2. The molecule has 10 heteroatoms. The van der Waals surface area contributed by atoms with Gasteiger partial charge in [-0.3, -0.25) is 24.9 Å². The molecule has 3 unspecified atom stereocenters. The third-order valence-corrected chi connectivity index (χ3v) is 7.56. The van der Waals surface area contributed by atoms with Gasteiger partial charge in [0.15, 0.2) is 5.78 Å². The van der Waals surface area contributed by atoms with Gasteiger partial charge in [-0.2, -0.15) is 0 Å². The molecule has 38 heavy (non-hydrogen) atoms. The van der Waals surface area contributed by atoms with Crippen molar-refractivity contribution in [2.45, 2.75) is 50.8 Å². The number of Topliss-reactive ketones (excluding diaryl/α,β-unsaturated/α-hetero) is 1. The van der Waals surface area contributed by atoms with Crippen molar-refractivity contribution < 1.29 is 14.3 Å². The van der Waals surface area contributed by atoms with Gasteiger partial charge in [0.05, 0.1) is 41.7 Å². The molecule has 1 aliphatic rings. The second-order valence-electron chi connectivity index (χ2n) is 9.90. The lowest BCUT2D eigenvalue weighted by atomic mass is 9.87. The zero-order valence-electron chi connectivity index (χ0n) is 21.4. The Hall–Kier alpha value is -3.37. The number of hydrogen-bond acceptors (Lipinski definition) is 7. The number of ketones is 1. The number of H-pyrrole nitrogens is 1. The zero-order chi connectivity index (χ0) is 26.9. The molecule has 1 fully saturated rings. The molecule has 0 spiro atoms. The number of nitrogens with zero attached hydrogens (tertiary/aromatic N) is 2. The van der Waals surface area contributed by atoms with E-state index in [0.717, 1.165) is 21.8 Å². The Bertz CT molecular complexity index is 1500. The van der Waals surface area contributed by atoms with Crippen molar-refractivity contribution in [3.8, 4) is 0 Å². The van der Waals surface area contributed by atoms with Crippen LogP contribution in [0.3, 0.4) is 0 Å². The number of nitrogens with one attached hydrogen (secondary N) is 3. The van der Waals surface area contributed by atoms with Crippen LogP contribution in [0.2, 0.25) is 5.02 Å². The smallest absolute Gasteiger partial charge is 0.247 e. The fourth-order valence-corrected chi connectivity index (χ4v) is 5.38. The minimum atomic E-state index is -0.992. The van der Waals surface area contributed by atoms with Crippen LogP contribution in [0.4, 0.5) is 5.69 Å². The Labute approximate surface area is 225 Å². The van der Waals surface area contributed by atoms with Crippen LogP contribution in [0.25, 0.3) is 21.8 Å².